The molecule has 1 atom stereocenters. The highest BCUT2D eigenvalue weighted by Gasteiger charge is 2.34. The number of benzene rings is 1. The number of esters is 1. The van der Waals surface area contributed by atoms with Crippen molar-refractivity contribution in [2.24, 2.45) is 0 Å². The highest BCUT2D eigenvalue weighted by atomic mass is 32.2. The molecule has 9 heteroatoms. The molecule has 2 rings (SSSR count). The second-order valence-corrected chi connectivity index (χ2v) is 7.89. The van der Waals surface area contributed by atoms with Crippen LogP contribution >= 0.6 is 0 Å². The van der Waals surface area contributed by atoms with Crippen LogP contribution in [-0.4, -0.2) is 63.0 Å². The van der Waals surface area contributed by atoms with Crippen molar-refractivity contribution in [1.29, 1.82) is 0 Å². The average molecular weight is 373 g/mol. The minimum atomic E-state index is -3.12. The van der Waals surface area contributed by atoms with Gasteiger partial charge in [-0.3, -0.25) is 4.79 Å². The molecule has 0 spiro atoms. The number of methoxy groups -OCH3 is 1. The Morgan fingerprint density at radius 2 is 2.08 bits per heavy atom. The van der Waals surface area contributed by atoms with E-state index in [1.165, 1.54) is 24.1 Å². The summed E-state index contributed by atoms with van der Waals surface area (Å²) in [4.78, 5) is 25.6. The number of carbonyl (C=O) groups excluding carboxylic acids is 2. The minimum absolute atomic E-state index is 0.00720. The van der Waals surface area contributed by atoms with E-state index in [4.69, 9.17) is 9.47 Å². The van der Waals surface area contributed by atoms with Gasteiger partial charge in [-0.1, -0.05) is 0 Å². The Morgan fingerprint density at radius 3 is 2.60 bits per heavy atom. The molecule has 1 heterocycles. The lowest BCUT2D eigenvalue weighted by molar-refractivity contribution is -0.136. The van der Waals surface area contributed by atoms with Gasteiger partial charge >= 0.3 is 5.97 Å². The van der Waals surface area contributed by atoms with Crippen LogP contribution in [0, 0.1) is 5.82 Å². The quantitative estimate of drug-likeness (QED) is 0.692. The Balaban J connectivity index is 1.96. The molecule has 0 bridgehead atoms. The maximum atomic E-state index is 13.6. The zero-order valence-electron chi connectivity index (χ0n) is 14.0. The van der Waals surface area contributed by atoms with Crippen LogP contribution < -0.4 is 4.74 Å². The summed E-state index contributed by atoms with van der Waals surface area (Å²) in [5.41, 5.74) is -0.0439. The first-order valence-corrected chi connectivity index (χ1v) is 9.60. The van der Waals surface area contributed by atoms with Crippen LogP contribution in [-0.2, 0) is 19.4 Å². The fraction of sp³-hybridized carbons (Fsp3) is 0.500. The Labute approximate surface area is 145 Å². The number of halogens is 1. The van der Waals surface area contributed by atoms with Crippen LogP contribution in [0.5, 0.6) is 5.75 Å². The summed E-state index contributed by atoms with van der Waals surface area (Å²) < 4.78 is 46.4. The molecule has 1 aliphatic heterocycles. The van der Waals surface area contributed by atoms with Gasteiger partial charge < -0.3 is 14.4 Å². The summed E-state index contributed by atoms with van der Waals surface area (Å²) in [5, 5.41) is 0. The lowest BCUT2D eigenvalue weighted by Gasteiger charge is -2.26. The van der Waals surface area contributed by atoms with E-state index >= 15 is 0 Å². The molecule has 1 amide bonds. The molecule has 0 aliphatic carbocycles. The largest absolute Gasteiger partial charge is 0.494 e. The first-order valence-electron chi connectivity index (χ1n) is 7.78. The molecule has 0 N–H and O–H groups in total. The number of likely N-dealkylation sites (N-methyl/N-ethyl adjacent to an activating group) is 1. The number of hydrogen-bond donors (Lipinski definition) is 0. The molecule has 0 unspecified atom stereocenters. The van der Waals surface area contributed by atoms with Gasteiger partial charge in [-0.25, -0.2) is 17.6 Å². The molecule has 7 nitrogen and oxygen atoms in total. The monoisotopic (exact) mass is 373 g/mol. The Morgan fingerprint density at radius 1 is 1.36 bits per heavy atom. The van der Waals surface area contributed by atoms with Gasteiger partial charge in [0.1, 0.15) is 0 Å². The van der Waals surface area contributed by atoms with Crippen molar-refractivity contribution in [2.45, 2.75) is 19.4 Å². The topological polar surface area (TPSA) is 90.0 Å². The molecule has 138 valence electrons. The van der Waals surface area contributed by atoms with Gasteiger partial charge in [0.25, 0.3) is 5.91 Å². The van der Waals surface area contributed by atoms with E-state index in [1.54, 1.807) is 6.92 Å². The second-order valence-electron chi connectivity index (χ2n) is 5.66. The maximum Gasteiger partial charge on any atom is 0.338 e. The van der Waals surface area contributed by atoms with Gasteiger partial charge in [-0.05, 0) is 31.5 Å². The molecular formula is C16H20FNO6S. The molecule has 25 heavy (non-hydrogen) atoms. The lowest BCUT2D eigenvalue weighted by Crippen LogP contribution is -2.43. The Kier molecular flexibility index (Phi) is 5.99. The van der Waals surface area contributed by atoms with Crippen LogP contribution in [0.3, 0.4) is 0 Å². The Bertz CT molecular complexity index is 764. The van der Waals surface area contributed by atoms with E-state index in [9.17, 15) is 22.4 Å². The molecule has 0 radical (unpaired) electrons. The van der Waals surface area contributed by atoms with Crippen molar-refractivity contribution in [3.63, 3.8) is 0 Å². The number of rotatable bonds is 6. The van der Waals surface area contributed by atoms with E-state index in [0.717, 1.165) is 6.07 Å². The van der Waals surface area contributed by atoms with E-state index in [1.807, 2.05) is 0 Å². The SMILES string of the molecule is CCN(C(=O)COC(=O)c1ccc(OC)c(F)c1)[C@@H]1CCS(=O)(=O)C1. The van der Waals surface area contributed by atoms with Gasteiger partial charge in [0.05, 0.1) is 24.2 Å². The molecule has 0 saturated carbocycles. The fourth-order valence-corrected chi connectivity index (χ4v) is 4.48. The van der Waals surface area contributed by atoms with Crippen LogP contribution in [0.25, 0.3) is 0 Å². The van der Waals surface area contributed by atoms with E-state index < -0.39 is 40.2 Å². The van der Waals surface area contributed by atoms with Crippen molar-refractivity contribution in [2.75, 3.05) is 31.8 Å². The van der Waals surface area contributed by atoms with Crippen LogP contribution in [0.2, 0.25) is 0 Å². The third-order valence-electron chi connectivity index (χ3n) is 4.02. The predicted octanol–water partition coefficient (Wildman–Crippen LogP) is 1.03. The fourth-order valence-electron chi connectivity index (χ4n) is 2.75. The van der Waals surface area contributed by atoms with Gasteiger partial charge in [0, 0.05) is 12.6 Å². The standard InChI is InChI=1S/C16H20FNO6S/c1-3-18(12-6-7-25(21,22)10-12)15(19)9-24-16(20)11-4-5-14(23-2)13(17)8-11/h4-5,8,12H,3,6-7,9-10H2,1-2H3/t12-/m1/s1. The number of carbonyl (C=O) groups is 2. The number of sulfone groups is 1. The zero-order valence-corrected chi connectivity index (χ0v) is 14.8. The summed E-state index contributed by atoms with van der Waals surface area (Å²) in [6.07, 6.45) is 0.375. The van der Waals surface area contributed by atoms with Gasteiger partial charge in [-0.2, -0.15) is 0 Å². The third kappa shape index (κ3) is 4.68. The van der Waals surface area contributed by atoms with E-state index in [2.05, 4.69) is 0 Å². The minimum Gasteiger partial charge on any atom is -0.494 e. The van der Waals surface area contributed by atoms with Crippen LogP contribution in [0.15, 0.2) is 18.2 Å². The summed E-state index contributed by atoms with van der Waals surface area (Å²) in [6.45, 7) is 1.51. The lowest BCUT2D eigenvalue weighted by atomic mass is 10.2. The van der Waals surface area contributed by atoms with Gasteiger partial charge in [0.2, 0.25) is 0 Å². The highest BCUT2D eigenvalue weighted by Crippen LogP contribution is 2.19. The van der Waals surface area contributed by atoms with Gasteiger partial charge in [0.15, 0.2) is 28.0 Å². The molecule has 1 saturated heterocycles. The maximum absolute atomic E-state index is 13.6. The summed E-state index contributed by atoms with van der Waals surface area (Å²) in [5.74, 6) is -2.07. The van der Waals surface area contributed by atoms with Crippen LogP contribution in [0.1, 0.15) is 23.7 Å². The highest BCUT2D eigenvalue weighted by molar-refractivity contribution is 7.91. The van der Waals surface area contributed by atoms with Crippen molar-refractivity contribution < 1.29 is 31.9 Å². The first kappa shape index (κ1) is 19.2. The third-order valence-corrected chi connectivity index (χ3v) is 5.77. The predicted molar refractivity (Wildman–Crippen MR) is 87.7 cm³/mol. The summed E-state index contributed by atoms with van der Waals surface area (Å²) in [7, 11) is -1.82. The smallest absolute Gasteiger partial charge is 0.338 e. The Hall–Kier alpha value is -2.16. The van der Waals surface area contributed by atoms with Crippen molar-refractivity contribution in [1.82, 2.24) is 4.90 Å². The first-order chi connectivity index (χ1) is 11.8. The molecule has 1 aromatic carbocycles. The zero-order chi connectivity index (χ0) is 18.6. The molecule has 1 aliphatic rings. The summed E-state index contributed by atoms with van der Waals surface area (Å²) >= 11 is 0. The van der Waals surface area contributed by atoms with Crippen LogP contribution in [0.4, 0.5) is 4.39 Å². The molecular weight excluding hydrogens is 353 g/mol. The molecule has 1 aromatic rings. The molecule has 1 fully saturated rings. The number of hydrogen-bond acceptors (Lipinski definition) is 6. The van der Waals surface area contributed by atoms with Gasteiger partial charge in [-0.15, -0.1) is 0 Å². The second kappa shape index (κ2) is 7.81. The van der Waals surface area contributed by atoms with Crippen molar-refractivity contribution >= 4 is 21.7 Å². The molecule has 0 aromatic heterocycles. The number of nitrogens with zero attached hydrogens (tertiary/aromatic N) is 1. The van der Waals surface area contributed by atoms with Crippen molar-refractivity contribution in [3.05, 3.63) is 29.6 Å². The van der Waals surface area contributed by atoms with E-state index in [0.29, 0.717) is 13.0 Å². The van der Waals surface area contributed by atoms with Crippen molar-refractivity contribution in [3.8, 4) is 5.75 Å². The van der Waals surface area contributed by atoms with E-state index in [-0.39, 0.29) is 22.8 Å². The summed E-state index contributed by atoms with van der Waals surface area (Å²) in [6, 6.07) is 3.18. The average Bonchev–Trinajstić information content (AvgIpc) is 2.92. The number of amides is 1. The normalized spacial score (nSPS) is 18.6. The number of ether oxygens (including phenoxy) is 2.